The lowest BCUT2D eigenvalue weighted by Gasteiger charge is -2.30. The van der Waals surface area contributed by atoms with Gasteiger partial charge in [0.25, 0.3) is 0 Å². The molecule has 9 nitrogen and oxygen atoms in total. The Balaban J connectivity index is 0.000000455. The van der Waals surface area contributed by atoms with E-state index in [4.69, 9.17) is 20.4 Å². The third kappa shape index (κ3) is 12.9. The number of aromatic nitrogens is 2. The van der Waals surface area contributed by atoms with E-state index in [1.807, 2.05) is 53.1 Å². The molecule has 4 rings (SSSR count). The Morgan fingerprint density at radius 2 is 1.65 bits per heavy atom. The van der Waals surface area contributed by atoms with Crippen LogP contribution in [0.4, 0.5) is 19.1 Å². The molecule has 0 saturated heterocycles. The molecule has 5 N–H and O–H groups in total. The van der Waals surface area contributed by atoms with Crippen molar-refractivity contribution in [1.82, 2.24) is 14.9 Å². The molecule has 0 aliphatic heterocycles. The third-order valence-corrected chi connectivity index (χ3v) is 6.25. The number of aliphatic hydroxyl groups excluding tert-OH is 1. The van der Waals surface area contributed by atoms with Gasteiger partial charge in [-0.05, 0) is 48.9 Å². The lowest BCUT2D eigenvalue weighted by molar-refractivity contribution is -0.192. The standard InChI is InChI=1S/C24H30N4O3.C5H12.C2HF3O2/c25-24-27-21-13-12-19(31-18-8-2-1-3-9-18)15-22(21)28(24)14-6-11-23(30)26-20-10-5-4-7-17(20)16-29;1-5(2,3)4;3-2(4,5)1(6)7/h1-3,8-9,12-13,15,17,20,29H,4-7,10-11,14,16H2,(H2,25,27)(H,26,30);1-4H3;(H,6,7)/t17-,20-;;/m1../s1. The number of halogens is 3. The van der Waals surface area contributed by atoms with Crippen LogP contribution in [0, 0.1) is 11.3 Å². The average Bonchev–Trinajstić information content (AvgIpc) is 3.22. The highest BCUT2D eigenvalue weighted by molar-refractivity contribution is 5.80. The number of nitrogen functional groups attached to an aromatic ring is 1. The van der Waals surface area contributed by atoms with Crippen molar-refractivity contribution in [3.63, 3.8) is 0 Å². The monoisotopic (exact) mass is 608 g/mol. The van der Waals surface area contributed by atoms with Crippen LogP contribution in [0.2, 0.25) is 0 Å². The summed E-state index contributed by atoms with van der Waals surface area (Å²) in [4.78, 5) is 25.8. The number of benzene rings is 2. The number of carbonyl (C=O) groups excluding carboxylic acids is 1. The number of fused-ring (bicyclic) bond motifs is 1. The number of hydrogen-bond acceptors (Lipinski definition) is 6. The first-order valence-electron chi connectivity index (χ1n) is 14.3. The van der Waals surface area contributed by atoms with E-state index in [1.54, 1.807) is 0 Å². The molecule has 1 fully saturated rings. The minimum atomic E-state index is -5.08. The molecule has 2 aromatic carbocycles. The van der Waals surface area contributed by atoms with Gasteiger partial charge >= 0.3 is 12.1 Å². The number of amides is 1. The highest BCUT2D eigenvalue weighted by Crippen LogP contribution is 2.28. The molecule has 0 bridgehead atoms. The minimum absolute atomic E-state index is 0.0291. The number of hydrogen-bond donors (Lipinski definition) is 4. The van der Waals surface area contributed by atoms with Gasteiger partial charge in [-0.15, -0.1) is 0 Å². The maximum Gasteiger partial charge on any atom is 0.490 e. The fourth-order valence-corrected chi connectivity index (χ4v) is 4.34. The number of aliphatic hydroxyl groups is 1. The maximum absolute atomic E-state index is 12.4. The number of nitrogens with two attached hydrogens (primary N) is 1. The van der Waals surface area contributed by atoms with E-state index in [1.165, 1.54) is 0 Å². The Labute approximate surface area is 250 Å². The van der Waals surface area contributed by atoms with Gasteiger partial charge in [-0.25, -0.2) is 9.78 Å². The van der Waals surface area contributed by atoms with E-state index in [2.05, 4.69) is 38.0 Å². The number of nitrogens with one attached hydrogen (secondary N) is 1. The first kappa shape index (κ1) is 35.4. The van der Waals surface area contributed by atoms with Gasteiger partial charge in [0.1, 0.15) is 11.5 Å². The SMILES string of the molecule is CC(C)(C)C.Nc1nc2ccc(Oc3ccccc3)cc2n1CCCC(=O)N[C@@H]1CCCC[C@@H]1CO.O=C(O)C(F)(F)F. The van der Waals surface area contributed by atoms with Gasteiger partial charge < -0.3 is 30.6 Å². The maximum atomic E-state index is 12.4. The Morgan fingerprint density at radius 3 is 2.23 bits per heavy atom. The summed E-state index contributed by atoms with van der Waals surface area (Å²) in [5.41, 5.74) is 8.33. The lowest BCUT2D eigenvalue weighted by atomic mass is 9.85. The largest absolute Gasteiger partial charge is 0.490 e. The fraction of sp³-hybridized carbons (Fsp3) is 0.516. The number of aliphatic carboxylic acids is 1. The van der Waals surface area contributed by atoms with Crippen molar-refractivity contribution in [2.45, 2.75) is 85.0 Å². The van der Waals surface area contributed by atoms with Crippen molar-refractivity contribution in [3.8, 4) is 11.5 Å². The summed E-state index contributed by atoms with van der Waals surface area (Å²) < 4.78 is 39.6. The van der Waals surface area contributed by atoms with E-state index in [0.717, 1.165) is 42.5 Å². The van der Waals surface area contributed by atoms with Crippen molar-refractivity contribution in [2.24, 2.45) is 11.3 Å². The van der Waals surface area contributed by atoms with Crippen molar-refractivity contribution in [3.05, 3.63) is 48.5 Å². The summed E-state index contributed by atoms with van der Waals surface area (Å²) in [5, 5.41) is 19.8. The lowest BCUT2D eigenvalue weighted by Crippen LogP contribution is -2.43. The van der Waals surface area contributed by atoms with E-state index >= 15 is 0 Å². The Morgan fingerprint density at radius 1 is 1.05 bits per heavy atom. The van der Waals surface area contributed by atoms with E-state index in [-0.39, 0.29) is 24.5 Å². The Hall–Kier alpha value is -3.80. The minimum Gasteiger partial charge on any atom is -0.475 e. The molecule has 1 heterocycles. The highest BCUT2D eigenvalue weighted by Gasteiger charge is 2.38. The first-order valence-corrected chi connectivity index (χ1v) is 14.3. The van der Waals surface area contributed by atoms with E-state index < -0.39 is 12.1 Å². The zero-order valence-electron chi connectivity index (χ0n) is 25.2. The van der Waals surface area contributed by atoms with Gasteiger partial charge in [0.05, 0.1) is 11.0 Å². The van der Waals surface area contributed by atoms with Crippen LogP contribution >= 0.6 is 0 Å². The van der Waals surface area contributed by atoms with Crippen LogP contribution in [0.5, 0.6) is 11.5 Å². The molecule has 1 aliphatic carbocycles. The topological polar surface area (TPSA) is 140 Å². The summed E-state index contributed by atoms with van der Waals surface area (Å²) in [6, 6.07) is 15.4. The van der Waals surface area contributed by atoms with Gasteiger partial charge in [-0.1, -0.05) is 58.7 Å². The van der Waals surface area contributed by atoms with Gasteiger partial charge in [-0.2, -0.15) is 13.2 Å². The molecular formula is C31H43F3N4O5. The molecule has 1 amide bonds. The van der Waals surface area contributed by atoms with E-state index in [9.17, 15) is 23.1 Å². The third-order valence-electron chi connectivity index (χ3n) is 6.25. The van der Waals surface area contributed by atoms with Crippen LogP contribution in [0.3, 0.4) is 0 Å². The number of para-hydroxylation sites is 1. The van der Waals surface area contributed by atoms with Crippen LogP contribution in [0.15, 0.2) is 48.5 Å². The highest BCUT2D eigenvalue weighted by atomic mass is 19.4. The summed E-state index contributed by atoms with van der Waals surface area (Å²) in [6.07, 6.45) is 0.134. The molecule has 1 aliphatic rings. The quantitative estimate of drug-likeness (QED) is 0.228. The molecule has 3 aromatic rings. The smallest absolute Gasteiger partial charge is 0.475 e. The normalized spacial score (nSPS) is 16.7. The molecule has 1 aromatic heterocycles. The summed E-state index contributed by atoms with van der Waals surface area (Å²) >= 11 is 0. The number of aryl methyl sites for hydroxylation is 1. The summed E-state index contributed by atoms with van der Waals surface area (Å²) in [7, 11) is 0. The molecule has 12 heteroatoms. The fourth-order valence-electron chi connectivity index (χ4n) is 4.34. The molecule has 0 spiro atoms. The predicted octanol–water partition coefficient (Wildman–Crippen LogP) is 6.54. The predicted molar refractivity (Wildman–Crippen MR) is 160 cm³/mol. The number of rotatable bonds is 8. The molecule has 0 radical (unpaired) electrons. The van der Waals surface area contributed by atoms with Crippen molar-refractivity contribution < 1.29 is 37.7 Å². The first-order chi connectivity index (χ1) is 20.1. The number of imidazole rings is 1. The average molecular weight is 609 g/mol. The molecular weight excluding hydrogens is 565 g/mol. The van der Waals surface area contributed by atoms with Crippen molar-refractivity contribution in [1.29, 1.82) is 0 Å². The van der Waals surface area contributed by atoms with Crippen LogP contribution < -0.4 is 15.8 Å². The number of carboxylic acids is 1. The van der Waals surface area contributed by atoms with Crippen molar-refractivity contribution in [2.75, 3.05) is 12.3 Å². The second-order valence-corrected chi connectivity index (χ2v) is 12.0. The van der Waals surface area contributed by atoms with Gasteiger partial charge in [0.2, 0.25) is 11.9 Å². The summed E-state index contributed by atoms with van der Waals surface area (Å²) in [5.74, 6) is -0.644. The number of ether oxygens (including phenoxy) is 1. The molecule has 0 unspecified atom stereocenters. The van der Waals surface area contributed by atoms with Gasteiger partial charge in [0.15, 0.2) is 0 Å². The Bertz CT molecular complexity index is 1300. The van der Waals surface area contributed by atoms with Gasteiger partial charge in [-0.3, -0.25) is 4.79 Å². The second kappa shape index (κ2) is 16.2. The number of carbonyl (C=O) groups is 2. The van der Waals surface area contributed by atoms with Crippen LogP contribution in [0.1, 0.15) is 66.2 Å². The number of carboxylic acid groups (broad SMARTS) is 1. The molecule has 2 atom stereocenters. The van der Waals surface area contributed by atoms with Crippen LogP contribution in [0.25, 0.3) is 11.0 Å². The molecule has 1 saturated carbocycles. The Kier molecular flexibility index (Phi) is 13.3. The van der Waals surface area contributed by atoms with Gasteiger partial charge in [0, 0.05) is 37.6 Å². The van der Waals surface area contributed by atoms with Crippen LogP contribution in [-0.4, -0.2) is 50.5 Å². The number of anilines is 1. The second-order valence-electron chi connectivity index (χ2n) is 12.0. The van der Waals surface area contributed by atoms with Crippen molar-refractivity contribution >= 4 is 28.9 Å². The molecule has 238 valence electrons. The number of alkyl halides is 3. The van der Waals surface area contributed by atoms with E-state index in [0.29, 0.717) is 36.5 Å². The number of nitrogens with zero attached hydrogens (tertiary/aromatic N) is 2. The summed E-state index contributed by atoms with van der Waals surface area (Å²) in [6.45, 7) is 9.48. The zero-order valence-corrected chi connectivity index (χ0v) is 25.2. The molecule has 43 heavy (non-hydrogen) atoms. The van der Waals surface area contributed by atoms with Crippen LogP contribution in [-0.2, 0) is 16.1 Å². The zero-order chi connectivity index (χ0) is 32.2.